The van der Waals surface area contributed by atoms with Crippen molar-refractivity contribution in [3.05, 3.63) is 65.9 Å². The topological polar surface area (TPSA) is 24.9 Å². The lowest BCUT2D eigenvalue weighted by Gasteiger charge is -2.11. The molecule has 1 N–H and O–H groups in total. The highest BCUT2D eigenvalue weighted by Gasteiger charge is 2.20. The number of aromatic nitrogens is 1. The SMILES string of the molecule is CNC1CCc2cc(-c3ccc4cccnc4c3)ccc21. The first kappa shape index (κ1) is 12.5. The smallest absolute Gasteiger partial charge is 0.0708 e. The molecule has 1 atom stereocenters. The van der Waals surface area contributed by atoms with E-state index in [-0.39, 0.29) is 0 Å². The monoisotopic (exact) mass is 274 g/mol. The third-order valence-electron chi connectivity index (χ3n) is 4.51. The lowest BCUT2D eigenvalue weighted by atomic mass is 9.99. The third kappa shape index (κ3) is 2.12. The van der Waals surface area contributed by atoms with Crippen LogP contribution in [0.1, 0.15) is 23.6 Å². The van der Waals surface area contributed by atoms with E-state index < -0.39 is 0 Å². The van der Waals surface area contributed by atoms with Gasteiger partial charge < -0.3 is 5.32 Å². The lowest BCUT2D eigenvalue weighted by molar-refractivity contribution is 0.590. The summed E-state index contributed by atoms with van der Waals surface area (Å²) in [5.41, 5.74) is 6.53. The van der Waals surface area contributed by atoms with Crippen LogP contribution in [0, 0.1) is 0 Å². The molecule has 0 saturated carbocycles. The normalized spacial score (nSPS) is 17.1. The predicted octanol–water partition coefficient (Wildman–Crippen LogP) is 4.11. The Morgan fingerprint density at radius 2 is 1.90 bits per heavy atom. The Labute approximate surface area is 124 Å². The van der Waals surface area contributed by atoms with Crippen LogP contribution in [0.15, 0.2) is 54.7 Å². The van der Waals surface area contributed by atoms with Gasteiger partial charge in [-0.05, 0) is 54.3 Å². The molecule has 1 aliphatic rings. The van der Waals surface area contributed by atoms with Gasteiger partial charge in [0.1, 0.15) is 0 Å². The van der Waals surface area contributed by atoms with Crippen molar-refractivity contribution in [3.63, 3.8) is 0 Å². The Bertz CT molecular complexity index is 808. The van der Waals surface area contributed by atoms with Gasteiger partial charge in [0.05, 0.1) is 5.52 Å². The van der Waals surface area contributed by atoms with Crippen LogP contribution < -0.4 is 5.32 Å². The van der Waals surface area contributed by atoms with E-state index in [0.29, 0.717) is 6.04 Å². The first-order chi connectivity index (χ1) is 10.3. The zero-order valence-corrected chi connectivity index (χ0v) is 12.1. The first-order valence-corrected chi connectivity index (χ1v) is 7.50. The molecule has 2 nitrogen and oxygen atoms in total. The van der Waals surface area contributed by atoms with Crippen molar-refractivity contribution < 1.29 is 0 Å². The van der Waals surface area contributed by atoms with E-state index in [4.69, 9.17) is 0 Å². The van der Waals surface area contributed by atoms with Gasteiger partial charge in [-0.1, -0.05) is 36.4 Å². The average molecular weight is 274 g/mol. The molecule has 2 aromatic carbocycles. The number of hydrogen-bond donors (Lipinski definition) is 1. The standard InChI is InChI=1S/C19H18N2/c1-20-18-9-7-16-11-14(6-8-17(16)18)15-5-4-13-3-2-10-21-19(13)12-15/h2-6,8,10-12,18,20H,7,9H2,1H3. The number of rotatable bonds is 2. The van der Waals surface area contributed by atoms with Crippen molar-refractivity contribution in [1.82, 2.24) is 10.3 Å². The Morgan fingerprint density at radius 1 is 1.05 bits per heavy atom. The quantitative estimate of drug-likeness (QED) is 0.760. The summed E-state index contributed by atoms with van der Waals surface area (Å²) in [6.07, 6.45) is 4.22. The molecule has 21 heavy (non-hydrogen) atoms. The van der Waals surface area contributed by atoms with Gasteiger partial charge in [-0.2, -0.15) is 0 Å². The summed E-state index contributed by atoms with van der Waals surface area (Å²) in [6, 6.07) is 18.0. The molecule has 0 amide bonds. The second-order valence-corrected chi connectivity index (χ2v) is 5.70. The van der Waals surface area contributed by atoms with Crippen LogP contribution in [0.25, 0.3) is 22.0 Å². The second kappa shape index (κ2) is 4.97. The first-order valence-electron chi connectivity index (χ1n) is 7.50. The van der Waals surface area contributed by atoms with E-state index in [9.17, 15) is 0 Å². The van der Waals surface area contributed by atoms with E-state index in [1.165, 1.54) is 40.5 Å². The van der Waals surface area contributed by atoms with Crippen LogP contribution >= 0.6 is 0 Å². The summed E-state index contributed by atoms with van der Waals surface area (Å²) < 4.78 is 0. The van der Waals surface area contributed by atoms with Gasteiger partial charge in [-0.25, -0.2) is 0 Å². The maximum atomic E-state index is 4.46. The number of nitrogens with zero attached hydrogens (tertiary/aromatic N) is 1. The highest BCUT2D eigenvalue weighted by molar-refractivity contribution is 5.84. The molecule has 1 unspecified atom stereocenters. The molecule has 4 rings (SSSR count). The Hall–Kier alpha value is -2.19. The molecule has 1 heterocycles. The minimum absolute atomic E-state index is 0.521. The fourth-order valence-electron chi connectivity index (χ4n) is 3.34. The summed E-state index contributed by atoms with van der Waals surface area (Å²) in [5.74, 6) is 0. The van der Waals surface area contributed by atoms with Crippen LogP contribution in [0.5, 0.6) is 0 Å². The fraction of sp³-hybridized carbons (Fsp3) is 0.211. The Kier molecular flexibility index (Phi) is 2.97. The highest BCUT2D eigenvalue weighted by atomic mass is 14.9. The molecule has 1 aromatic heterocycles. The lowest BCUT2D eigenvalue weighted by Crippen LogP contribution is -2.12. The van der Waals surface area contributed by atoms with Crippen molar-refractivity contribution in [1.29, 1.82) is 0 Å². The van der Waals surface area contributed by atoms with Crippen LogP contribution in [-0.2, 0) is 6.42 Å². The van der Waals surface area contributed by atoms with Crippen molar-refractivity contribution >= 4 is 10.9 Å². The highest BCUT2D eigenvalue weighted by Crippen LogP contribution is 2.34. The van der Waals surface area contributed by atoms with Gasteiger partial charge in [0, 0.05) is 17.6 Å². The summed E-state index contributed by atoms with van der Waals surface area (Å²) in [7, 11) is 2.04. The zero-order chi connectivity index (χ0) is 14.2. The van der Waals surface area contributed by atoms with Crippen molar-refractivity contribution in [3.8, 4) is 11.1 Å². The van der Waals surface area contributed by atoms with Crippen LogP contribution in [0.2, 0.25) is 0 Å². The van der Waals surface area contributed by atoms with Crippen LogP contribution in [0.4, 0.5) is 0 Å². The molecular formula is C19H18N2. The minimum atomic E-state index is 0.521. The molecule has 0 saturated heterocycles. The van der Waals surface area contributed by atoms with E-state index in [1.807, 2.05) is 19.3 Å². The minimum Gasteiger partial charge on any atom is -0.313 e. The second-order valence-electron chi connectivity index (χ2n) is 5.70. The van der Waals surface area contributed by atoms with E-state index >= 15 is 0 Å². The summed E-state index contributed by atoms with van der Waals surface area (Å²) in [6.45, 7) is 0. The van der Waals surface area contributed by atoms with Crippen molar-refractivity contribution in [2.45, 2.75) is 18.9 Å². The summed E-state index contributed by atoms with van der Waals surface area (Å²) in [4.78, 5) is 4.46. The molecule has 0 fully saturated rings. The number of aryl methyl sites for hydroxylation is 1. The van der Waals surface area contributed by atoms with Crippen molar-refractivity contribution in [2.24, 2.45) is 0 Å². The average Bonchev–Trinajstić information content (AvgIpc) is 2.96. The number of fused-ring (bicyclic) bond motifs is 2. The number of hydrogen-bond acceptors (Lipinski definition) is 2. The van der Waals surface area contributed by atoms with Gasteiger partial charge in [0.25, 0.3) is 0 Å². The van der Waals surface area contributed by atoms with Gasteiger partial charge in [0.2, 0.25) is 0 Å². The molecule has 1 aliphatic carbocycles. The molecule has 0 radical (unpaired) electrons. The fourth-order valence-corrected chi connectivity index (χ4v) is 3.34. The molecule has 0 bridgehead atoms. The van der Waals surface area contributed by atoms with E-state index in [2.05, 4.69) is 52.8 Å². The van der Waals surface area contributed by atoms with Gasteiger partial charge >= 0.3 is 0 Å². The van der Waals surface area contributed by atoms with Crippen molar-refractivity contribution in [2.75, 3.05) is 7.05 Å². The third-order valence-corrected chi connectivity index (χ3v) is 4.51. The van der Waals surface area contributed by atoms with Crippen LogP contribution in [0.3, 0.4) is 0 Å². The maximum Gasteiger partial charge on any atom is 0.0708 e. The number of benzene rings is 2. The molecule has 0 aliphatic heterocycles. The largest absolute Gasteiger partial charge is 0.313 e. The Balaban J connectivity index is 1.79. The van der Waals surface area contributed by atoms with Gasteiger partial charge in [-0.15, -0.1) is 0 Å². The maximum absolute atomic E-state index is 4.46. The number of nitrogens with one attached hydrogen (secondary N) is 1. The van der Waals surface area contributed by atoms with E-state index in [0.717, 1.165) is 5.52 Å². The predicted molar refractivity (Wildman–Crippen MR) is 87.3 cm³/mol. The van der Waals surface area contributed by atoms with Gasteiger partial charge in [0.15, 0.2) is 0 Å². The molecular weight excluding hydrogens is 256 g/mol. The van der Waals surface area contributed by atoms with Gasteiger partial charge in [-0.3, -0.25) is 4.98 Å². The molecule has 2 heteroatoms. The molecule has 0 spiro atoms. The summed E-state index contributed by atoms with van der Waals surface area (Å²) >= 11 is 0. The van der Waals surface area contributed by atoms with Crippen LogP contribution in [-0.4, -0.2) is 12.0 Å². The number of pyridine rings is 1. The molecule has 3 aromatic rings. The van der Waals surface area contributed by atoms with E-state index in [1.54, 1.807) is 0 Å². The summed E-state index contributed by atoms with van der Waals surface area (Å²) in [5, 5.41) is 4.59. The molecule has 104 valence electrons. The zero-order valence-electron chi connectivity index (χ0n) is 12.1. The Morgan fingerprint density at radius 3 is 2.81 bits per heavy atom.